The molecule has 0 fully saturated rings. The van der Waals surface area contributed by atoms with E-state index in [9.17, 15) is 5.11 Å². The summed E-state index contributed by atoms with van der Waals surface area (Å²) in [5.41, 5.74) is 4.05. The summed E-state index contributed by atoms with van der Waals surface area (Å²) in [4.78, 5) is 0. The average molecular weight is 308 g/mol. The third kappa shape index (κ3) is 1.78. The van der Waals surface area contributed by atoms with Crippen molar-refractivity contribution in [1.82, 2.24) is 15.0 Å². The molecule has 2 aromatic rings. The van der Waals surface area contributed by atoms with Gasteiger partial charge >= 0.3 is 0 Å². The van der Waals surface area contributed by atoms with Crippen molar-refractivity contribution in [2.24, 2.45) is 0 Å². The van der Waals surface area contributed by atoms with E-state index in [-0.39, 0.29) is 0 Å². The normalized spacial score (nSPS) is 18.1. The highest BCUT2D eigenvalue weighted by atomic mass is 79.9. The Kier molecular flexibility index (Phi) is 2.95. The van der Waals surface area contributed by atoms with E-state index in [1.807, 2.05) is 22.9 Å². The minimum atomic E-state index is -0.441. The van der Waals surface area contributed by atoms with Crippen molar-refractivity contribution in [3.05, 3.63) is 33.9 Å². The van der Waals surface area contributed by atoms with Gasteiger partial charge in [-0.2, -0.15) is 0 Å². The fourth-order valence-electron chi connectivity index (χ4n) is 2.46. The lowest BCUT2D eigenvalue weighted by Crippen LogP contribution is -2.02. The maximum absolute atomic E-state index is 10.2. The van der Waals surface area contributed by atoms with Crippen LogP contribution in [0.15, 0.2) is 22.7 Å². The Morgan fingerprint density at radius 1 is 1.50 bits per heavy atom. The molecule has 0 amide bonds. The van der Waals surface area contributed by atoms with Crippen molar-refractivity contribution >= 4 is 15.9 Å². The topological polar surface area (TPSA) is 50.9 Å². The predicted octanol–water partition coefficient (Wildman–Crippen LogP) is 2.71. The molecule has 94 valence electrons. The largest absolute Gasteiger partial charge is 0.388 e. The monoisotopic (exact) mass is 307 g/mol. The maximum Gasteiger partial charge on any atom is 0.0921 e. The number of aliphatic hydroxyl groups is 1. The summed E-state index contributed by atoms with van der Waals surface area (Å²) in [6, 6.07) is 6.01. The molecule has 1 aliphatic heterocycles. The van der Waals surface area contributed by atoms with Crippen LogP contribution in [0.4, 0.5) is 0 Å². The van der Waals surface area contributed by atoms with E-state index in [0.29, 0.717) is 13.0 Å². The summed E-state index contributed by atoms with van der Waals surface area (Å²) in [7, 11) is 0. The second-order valence-corrected chi connectivity index (χ2v) is 5.41. The van der Waals surface area contributed by atoms with E-state index in [1.54, 1.807) is 0 Å². The van der Waals surface area contributed by atoms with Gasteiger partial charge in [0.1, 0.15) is 0 Å². The molecule has 0 saturated carbocycles. The molecule has 0 spiro atoms. The number of hydrogen-bond donors (Lipinski definition) is 1. The molecule has 3 rings (SSSR count). The fraction of sp³-hybridized carbons (Fsp3) is 0.385. The Bertz CT molecular complexity index is 594. The Morgan fingerprint density at radius 3 is 3.11 bits per heavy atom. The van der Waals surface area contributed by atoms with Crippen molar-refractivity contribution in [3.8, 4) is 11.3 Å². The van der Waals surface area contributed by atoms with Gasteiger partial charge in [-0.05, 0) is 30.5 Å². The molecule has 1 atom stereocenters. The minimum Gasteiger partial charge on any atom is -0.388 e. The molecule has 2 heterocycles. The van der Waals surface area contributed by atoms with Gasteiger partial charge in [0.05, 0.1) is 17.5 Å². The molecule has 1 aromatic heterocycles. The number of aliphatic hydroxyl groups excluding tert-OH is 1. The molecule has 5 heteroatoms. The van der Waals surface area contributed by atoms with Crippen molar-refractivity contribution in [1.29, 1.82) is 0 Å². The Morgan fingerprint density at radius 2 is 2.33 bits per heavy atom. The highest BCUT2D eigenvalue weighted by Gasteiger charge is 2.24. The molecule has 0 radical (unpaired) electrons. The molecule has 0 bridgehead atoms. The summed E-state index contributed by atoms with van der Waals surface area (Å²) < 4.78 is 2.89. The molecule has 1 unspecified atom stereocenters. The zero-order chi connectivity index (χ0) is 12.7. The summed E-state index contributed by atoms with van der Waals surface area (Å²) in [6.07, 6.45) is 1.08. The van der Waals surface area contributed by atoms with Gasteiger partial charge in [-0.15, -0.1) is 5.10 Å². The van der Waals surface area contributed by atoms with Crippen LogP contribution in [0.1, 0.15) is 30.7 Å². The summed E-state index contributed by atoms with van der Waals surface area (Å²) in [5, 5.41) is 18.6. The predicted molar refractivity (Wildman–Crippen MR) is 72.1 cm³/mol. The molecular weight excluding hydrogens is 294 g/mol. The molecule has 0 saturated heterocycles. The van der Waals surface area contributed by atoms with Crippen molar-refractivity contribution in [2.75, 3.05) is 0 Å². The minimum absolute atomic E-state index is 0.441. The maximum atomic E-state index is 10.2. The first-order valence-electron chi connectivity index (χ1n) is 6.11. The number of rotatable bonds is 1. The number of halogens is 1. The SMILES string of the molecule is CCc1nnn2c1-c1ccc(Br)cc1C(O)CC2. The lowest BCUT2D eigenvalue weighted by molar-refractivity contribution is 0.162. The molecule has 1 aliphatic rings. The van der Waals surface area contributed by atoms with Crippen LogP contribution in [0.25, 0.3) is 11.3 Å². The van der Waals surface area contributed by atoms with Gasteiger partial charge in [-0.1, -0.05) is 34.1 Å². The van der Waals surface area contributed by atoms with Gasteiger partial charge in [-0.3, -0.25) is 0 Å². The third-order valence-corrected chi connectivity index (χ3v) is 3.88. The van der Waals surface area contributed by atoms with Crippen LogP contribution < -0.4 is 0 Å². The number of hydrogen-bond acceptors (Lipinski definition) is 3. The first-order chi connectivity index (χ1) is 8.70. The number of benzene rings is 1. The zero-order valence-electron chi connectivity index (χ0n) is 10.1. The molecule has 18 heavy (non-hydrogen) atoms. The quantitative estimate of drug-likeness (QED) is 0.881. The van der Waals surface area contributed by atoms with Crippen LogP contribution in [0.2, 0.25) is 0 Å². The Balaban J connectivity index is 2.28. The van der Waals surface area contributed by atoms with Crippen molar-refractivity contribution < 1.29 is 5.11 Å². The first kappa shape index (κ1) is 11.9. The molecule has 1 aromatic carbocycles. The van der Waals surface area contributed by atoms with Crippen LogP contribution in [-0.2, 0) is 13.0 Å². The molecular formula is C13H14BrN3O. The van der Waals surface area contributed by atoms with Crippen LogP contribution >= 0.6 is 15.9 Å². The summed E-state index contributed by atoms with van der Waals surface area (Å²) in [6.45, 7) is 2.78. The van der Waals surface area contributed by atoms with E-state index in [1.165, 1.54) is 0 Å². The number of aryl methyl sites for hydroxylation is 2. The van der Waals surface area contributed by atoms with Gasteiger partial charge < -0.3 is 5.11 Å². The molecule has 1 N–H and O–H groups in total. The molecule has 4 nitrogen and oxygen atoms in total. The summed E-state index contributed by atoms with van der Waals surface area (Å²) >= 11 is 3.46. The number of aromatic nitrogens is 3. The van der Waals surface area contributed by atoms with E-state index >= 15 is 0 Å². The second-order valence-electron chi connectivity index (χ2n) is 4.50. The van der Waals surface area contributed by atoms with Crippen LogP contribution in [0, 0.1) is 0 Å². The zero-order valence-corrected chi connectivity index (χ0v) is 11.7. The number of fused-ring (bicyclic) bond motifs is 3. The van der Waals surface area contributed by atoms with Gasteiger partial charge in [0.2, 0.25) is 0 Å². The van der Waals surface area contributed by atoms with Gasteiger partial charge in [0, 0.05) is 16.6 Å². The van der Waals surface area contributed by atoms with Crippen LogP contribution in [0.3, 0.4) is 0 Å². The summed E-state index contributed by atoms with van der Waals surface area (Å²) in [5.74, 6) is 0. The van der Waals surface area contributed by atoms with Gasteiger partial charge in [-0.25, -0.2) is 4.68 Å². The van der Waals surface area contributed by atoms with E-state index < -0.39 is 6.10 Å². The van der Waals surface area contributed by atoms with E-state index in [0.717, 1.165) is 33.4 Å². The van der Waals surface area contributed by atoms with Gasteiger partial charge in [0.25, 0.3) is 0 Å². The average Bonchev–Trinajstić information content (AvgIpc) is 2.73. The highest BCUT2D eigenvalue weighted by Crippen LogP contribution is 2.36. The third-order valence-electron chi connectivity index (χ3n) is 3.38. The van der Waals surface area contributed by atoms with Crippen molar-refractivity contribution in [2.45, 2.75) is 32.4 Å². The second kappa shape index (κ2) is 4.48. The Hall–Kier alpha value is -1.20. The van der Waals surface area contributed by atoms with Crippen molar-refractivity contribution in [3.63, 3.8) is 0 Å². The van der Waals surface area contributed by atoms with Gasteiger partial charge in [0.15, 0.2) is 0 Å². The van der Waals surface area contributed by atoms with E-state index in [2.05, 4.69) is 33.2 Å². The smallest absolute Gasteiger partial charge is 0.0921 e. The standard InChI is InChI=1S/C13H14BrN3O/c1-2-11-13-9-4-3-8(14)7-10(9)12(18)5-6-17(13)16-15-11/h3-4,7,12,18H,2,5-6H2,1H3. The molecule has 0 aliphatic carbocycles. The van der Waals surface area contributed by atoms with E-state index in [4.69, 9.17) is 0 Å². The Labute approximate surface area is 114 Å². The fourth-order valence-corrected chi connectivity index (χ4v) is 2.84. The number of nitrogens with zero attached hydrogens (tertiary/aromatic N) is 3. The highest BCUT2D eigenvalue weighted by molar-refractivity contribution is 9.10. The van der Waals surface area contributed by atoms with Crippen LogP contribution in [0.5, 0.6) is 0 Å². The lowest BCUT2D eigenvalue weighted by Gasteiger charge is -2.11. The lowest BCUT2D eigenvalue weighted by atomic mass is 9.98. The van der Waals surface area contributed by atoms with Crippen LogP contribution in [-0.4, -0.2) is 20.1 Å². The first-order valence-corrected chi connectivity index (χ1v) is 6.90.